The molecule has 0 saturated carbocycles. The van der Waals surface area contributed by atoms with Crippen LogP contribution in [0.2, 0.25) is 0 Å². The van der Waals surface area contributed by atoms with Crippen LogP contribution in [0.1, 0.15) is 17.5 Å². The Balaban J connectivity index is 2.04. The molecule has 0 aliphatic heterocycles. The summed E-state index contributed by atoms with van der Waals surface area (Å²) in [5.41, 5.74) is 10.8. The second-order valence-corrected chi connectivity index (χ2v) is 5.89. The van der Waals surface area contributed by atoms with Gasteiger partial charge in [0.05, 0.1) is 0 Å². The number of aryl methyl sites for hydroxylation is 1. The van der Waals surface area contributed by atoms with Gasteiger partial charge in [-0.1, -0.05) is 60.2 Å². The summed E-state index contributed by atoms with van der Waals surface area (Å²) in [6, 6.07) is 16.8. The molecule has 1 aliphatic rings. The van der Waals surface area contributed by atoms with E-state index in [0.717, 1.165) is 17.8 Å². The van der Waals surface area contributed by atoms with Gasteiger partial charge in [0, 0.05) is 23.3 Å². The summed E-state index contributed by atoms with van der Waals surface area (Å²) >= 11 is 0. The van der Waals surface area contributed by atoms with E-state index >= 15 is 0 Å². The minimum absolute atomic E-state index is 0.127. The molecule has 3 rings (SSSR count). The van der Waals surface area contributed by atoms with E-state index in [2.05, 4.69) is 66.9 Å². The first-order valence-electron chi connectivity index (χ1n) is 7.71. The van der Waals surface area contributed by atoms with Crippen LogP contribution in [0.4, 0.5) is 11.4 Å². The van der Waals surface area contributed by atoms with E-state index in [4.69, 9.17) is 5.73 Å². The molecule has 2 heteroatoms. The lowest BCUT2D eigenvalue weighted by Crippen LogP contribution is -2.34. The molecule has 22 heavy (non-hydrogen) atoms. The molecule has 2 aromatic carbocycles. The van der Waals surface area contributed by atoms with Crippen molar-refractivity contribution in [2.24, 2.45) is 5.73 Å². The molecule has 1 unspecified atom stereocenters. The van der Waals surface area contributed by atoms with E-state index < -0.39 is 0 Å². The van der Waals surface area contributed by atoms with E-state index in [-0.39, 0.29) is 5.41 Å². The molecule has 1 atom stereocenters. The summed E-state index contributed by atoms with van der Waals surface area (Å²) in [5.74, 6) is 0. The van der Waals surface area contributed by atoms with Crippen molar-refractivity contribution in [3.05, 3.63) is 84.0 Å². The summed E-state index contributed by atoms with van der Waals surface area (Å²) in [7, 11) is 0. The minimum atomic E-state index is -0.127. The Bertz CT molecular complexity index is 701. The van der Waals surface area contributed by atoms with Crippen molar-refractivity contribution < 1.29 is 0 Å². The predicted octanol–water partition coefficient (Wildman–Crippen LogP) is 4.45. The summed E-state index contributed by atoms with van der Waals surface area (Å²) in [6.07, 6.45) is 9.56. The normalized spacial score (nSPS) is 20.1. The van der Waals surface area contributed by atoms with Crippen LogP contribution in [0.5, 0.6) is 0 Å². The van der Waals surface area contributed by atoms with Crippen LogP contribution in [-0.4, -0.2) is 6.54 Å². The van der Waals surface area contributed by atoms with Gasteiger partial charge in [0.2, 0.25) is 0 Å². The van der Waals surface area contributed by atoms with Crippen LogP contribution < -0.4 is 11.1 Å². The van der Waals surface area contributed by atoms with Crippen molar-refractivity contribution in [1.82, 2.24) is 0 Å². The molecule has 112 valence electrons. The van der Waals surface area contributed by atoms with Gasteiger partial charge in [-0.25, -0.2) is 0 Å². The third-order valence-electron chi connectivity index (χ3n) is 4.27. The molecule has 1 aliphatic carbocycles. The number of rotatable bonds is 4. The minimum Gasteiger partial charge on any atom is -0.355 e. The van der Waals surface area contributed by atoms with Crippen molar-refractivity contribution in [3.63, 3.8) is 0 Å². The van der Waals surface area contributed by atoms with Gasteiger partial charge in [-0.3, -0.25) is 0 Å². The van der Waals surface area contributed by atoms with Crippen LogP contribution in [-0.2, 0) is 5.41 Å². The Hall–Kier alpha value is -2.32. The van der Waals surface area contributed by atoms with Gasteiger partial charge in [-0.05, 0) is 37.1 Å². The van der Waals surface area contributed by atoms with Crippen LogP contribution in [0.3, 0.4) is 0 Å². The molecular formula is C20H22N2. The number of nitrogens with one attached hydrogen (secondary N) is 1. The molecule has 3 N–H and O–H groups in total. The zero-order chi connectivity index (χ0) is 15.4. The lowest BCUT2D eigenvalue weighted by atomic mass is 9.74. The van der Waals surface area contributed by atoms with E-state index in [1.165, 1.54) is 11.1 Å². The monoisotopic (exact) mass is 290 g/mol. The fourth-order valence-electron chi connectivity index (χ4n) is 2.98. The highest BCUT2D eigenvalue weighted by Gasteiger charge is 2.30. The third-order valence-corrected chi connectivity index (χ3v) is 4.27. The SMILES string of the molecule is Cc1ccc(Nc2ccccc2)c(C2(CN)C=CC=CC2)c1. The maximum Gasteiger partial charge on any atom is 0.0426 e. The average Bonchev–Trinajstić information content (AvgIpc) is 2.58. The second-order valence-electron chi connectivity index (χ2n) is 5.89. The summed E-state index contributed by atoms with van der Waals surface area (Å²) in [4.78, 5) is 0. The van der Waals surface area contributed by atoms with E-state index in [9.17, 15) is 0 Å². The molecular weight excluding hydrogens is 268 g/mol. The number of benzene rings is 2. The molecule has 0 fully saturated rings. The fourth-order valence-corrected chi connectivity index (χ4v) is 2.98. The summed E-state index contributed by atoms with van der Waals surface area (Å²) in [6.45, 7) is 2.73. The maximum atomic E-state index is 6.17. The van der Waals surface area contributed by atoms with Gasteiger partial charge < -0.3 is 11.1 Å². The van der Waals surface area contributed by atoms with Gasteiger partial charge in [0.25, 0.3) is 0 Å². The van der Waals surface area contributed by atoms with Gasteiger partial charge in [0.15, 0.2) is 0 Å². The zero-order valence-electron chi connectivity index (χ0n) is 12.9. The highest BCUT2D eigenvalue weighted by atomic mass is 14.9. The van der Waals surface area contributed by atoms with Gasteiger partial charge >= 0.3 is 0 Å². The quantitative estimate of drug-likeness (QED) is 0.873. The molecule has 0 aromatic heterocycles. The van der Waals surface area contributed by atoms with Crippen molar-refractivity contribution in [1.29, 1.82) is 0 Å². The number of hydrogen-bond acceptors (Lipinski definition) is 2. The van der Waals surface area contributed by atoms with Crippen LogP contribution >= 0.6 is 0 Å². The molecule has 0 saturated heterocycles. The van der Waals surface area contributed by atoms with Crippen molar-refractivity contribution in [2.75, 3.05) is 11.9 Å². The Morgan fingerprint density at radius 1 is 1.09 bits per heavy atom. The Labute approximate surface area is 132 Å². The number of anilines is 2. The molecule has 2 nitrogen and oxygen atoms in total. The van der Waals surface area contributed by atoms with Crippen LogP contribution in [0.15, 0.2) is 72.8 Å². The highest BCUT2D eigenvalue weighted by molar-refractivity contribution is 5.66. The summed E-state index contributed by atoms with van der Waals surface area (Å²) in [5, 5.41) is 3.54. The number of para-hydroxylation sites is 1. The van der Waals surface area contributed by atoms with E-state index in [1.807, 2.05) is 18.2 Å². The lowest BCUT2D eigenvalue weighted by molar-refractivity contribution is 0.551. The molecule has 0 spiro atoms. The first kappa shape index (κ1) is 14.6. The Morgan fingerprint density at radius 2 is 1.91 bits per heavy atom. The Kier molecular flexibility index (Phi) is 4.12. The number of allylic oxidation sites excluding steroid dienone is 3. The smallest absolute Gasteiger partial charge is 0.0426 e. The zero-order valence-corrected chi connectivity index (χ0v) is 12.9. The molecule has 0 amide bonds. The molecule has 0 heterocycles. The molecule has 0 radical (unpaired) electrons. The molecule has 0 bridgehead atoms. The summed E-state index contributed by atoms with van der Waals surface area (Å²) < 4.78 is 0. The standard InChI is InChI=1S/C20H22N2/c1-16-10-11-19(22-17-8-4-2-5-9-17)18(14-16)20(15-21)12-6-3-7-13-20/h2-12,14,22H,13,15,21H2,1H3. The highest BCUT2D eigenvalue weighted by Crippen LogP contribution is 2.38. The van der Waals surface area contributed by atoms with E-state index in [0.29, 0.717) is 6.54 Å². The maximum absolute atomic E-state index is 6.17. The average molecular weight is 290 g/mol. The first-order chi connectivity index (χ1) is 10.7. The largest absolute Gasteiger partial charge is 0.355 e. The predicted molar refractivity (Wildman–Crippen MR) is 94.5 cm³/mol. The first-order valence-corrected chi connectivity index (χ1v) is 7.71. The van der Waals surface area contributed by atoms with Crippen molar-refractivity contribution in [2.45, 2.75) is 18.8 Å². The third kappa shape index (κ3) is 2.83. The second kappa shape index (κ2) is 6.20. The van der Waals surface area contributed by atoms with Crippen molar-refractivity contribution in [3.8, 4) is 0 Å². The Morgan fingerprint density at radius 3 is 2.59 bits per heavy atom. The topological polar surface area (TPSA) is 38.0 Å². The number of nitrogens with two attached hydrogens (primary N) is 1. The van der Waals surface area contributed by atoms with Crippen LogP contribution in [0, 0.1) is 6.92 Å². The van der Waals surface area contributed by atoms with Gasteiger partial charge in [-0.2, -0.15) is 0 Å². The fraction of sp³-hybridized carbons (Fsp3) is 0.200. The molecule has 2 aromatic rings. The van der Waals surface area contributed by atoms with Gasteiger partial charge in [-0.15, -0.1) is 0 Å². The van der Waals surface area contributed by atoms with Crippen molar-refractivity contribution >= 4 is 11.4 Å². The number of hydrogen-bond donors (Lipinski definition) is 2. The van der Waals surface area contributed by atoms with E-state index in [1.54, 1.807) is 0 Å². The van der Waals surface area contributed by atoms with Crippen LogP contribution in [0.25, 0.3) is 0 Å². The van der Waals surface area contributed by atoms with Gasteiger partial charge in [0.1, 0.15) is 0 Å². The lowest BCUT2D eigenvalue weighted by Gasteiger charge is -2.33.